The van der Waals surface area contributed by atoms with Crippen molar-refractivity contribution in [1.29, 1.82) is 0 Å². The Hall–Kier alpha value is -1.36. The summed E-state index contributed by atoms with van der Waals surface area (Å²) >= 11 is 0. The van der Waals surface area contributed by atoms with E-state index in [0.29, 0.717) is 12.8 Å². The molecule has 0 bridgehead atoms. The summed E-state index contributed by atoms with van der Waals surface area (Å²) in [5.41, 5.74) is 0. The van der Waals surface area contributed by atoms with Crippen LogP contribution in [-0.2, 0) is 19.1 Å². The highest BCUT2D eigenvalue weighted by molar-refractivity contribution is 5.70. The van der Waals surface area contributed by atoms with Crippen LogP contribution >= 0.6 is 0 Å². The van der Waals surface area contributed by atoms with Gasteiger partial charge in [-0.3, -0.25) is 9.59 Å². The quantitative estimate of drug-likeness (QED) is 0.0386. The van der Waals surface area contributed by atoms with Crippen molar-refractivity contribution in [3.63, 3.8) is 0 Å². The van der Waals surface area contributed by atoms with Crippen LogP contribution in [0.3, 0.4) is 0 Å². The standard InChI is InChI=1S/C46H88O5/c1-3-5-7-9-11-13-15-17-19-21-22-23-24-25-27-29-31-33-35-37-39-41-46(49)51-44(42-47)43-50-45(48)40-38-36-34-32-30-28-26-20-18-16-14-12-10-8-6-4-2/h17,19,44,47H,3-16,18,20-43H2,1-2H3/b19-17+/t44-/m0/s1. The molecule has 0 saturated carbocycles. The predicted molar refractivity (Wildman–Crippen MR) is 219 cm³/mol. The number of esters is 2. The first-order valence-electron chi connectivity index (χ1n) is 22.7. The zero-order valence-corrected chi connectivity index (χ0v) is 34.4. The fourth-order valence-corrected chi connectivity index (χ4v) is 6.85. The first kappa shape index (κ1) is 49.6. The van der Waals surface area contributed by atoms with E-state index in [2.05, 4.69) is 26.0 Å². The van der Waals surface area contributed by atoms with Crippen molar-refractivity contribution in [3.05, 3.63) is 12.2 Å². The molecule has 0 heterocycles. The Morgan fingerprint density at radius 3 is 1.06 bits per heavy atom. The molecule has 5 heteroatoms. The molecule has 0 aromatic rings. The Morgan fingerprint density at radius 2 is 0.725 bits per heavy atom. The van der Waals surface area contributed by atoms with Crippen molar-refractivity contribution in [1.82, 2.24) is 0 Å². The van der Waals surface area contributed by atoms with E-state index in [1.54, 1.807) is 0 Å². The molecule has 0 aromatic heterocycles. The van der Waals surface area contributed by atoms with E-state index in [1.165, 1.54) is 193 Å². The molecule has 51 heavy (non-hydrogen) atoms. The highest BCUT2D eigenvalue weighted by Crippen LogP contribution is 2.16. The summed E-state index contributed by atoms with van der Waals surface area (Å²) in [5.74, 6) is -0.576. The van der Waals surface area contributed by atoms with Crippen molar-refractivity contribution in [3.8, 4) is 0 Å². The number of ether oxygens (including phenoxy) is 2. The van der Waals surface area contributed by atoms with Crippen LogP contribution in [0.5, 0.6) is 0 Å². The molecule has 0 aromatic carbocycles. The summed E-state index contributed by atoms with van der Waals surface area (Å²) < 4.78 is 10.7. The lowest BCUT2D eigenvalue weighted by Crippen LogP contribution is -2.28. The second kappa shape index (κ2) is 43.0. The van der Waals surface area contributed by atoms with E-state index >= 15 is 0 Å². The SMILES string of the molecule is CCCCCCCC/C=C/CCCCCCCCCCCCCC(=O)O[C@@H](CO)COC(=O)CCCCCCCCCCCCCCCCCC. The van der Waals surface area contributed by atoms with Gasteiger partial charge in [0, 0.05) is 12.8 Å². The van der Waals surface area contributed by atoms with Crippen molar-refractivity contribution in [2.75, 3.05) is 13.2 Å². The molecule has 302 valence electrons. The highest BCUT2D eigenvalue weighted by Gasteiger charge is 2.16. The highest BCUT2D eigenvalue weighted by atomic mass is 16.6. The lowest BCUT2D eigenvalue weighted by molar-refractivity contribution is -0.161. The van der Waals surface area contributed by atoms with Gasteiger partial charge in [0.15, 0.2) is 6.10 Å². The molecule has 0 spiro atoms. The van der Waals surface area contributed by atoms with E-state index in [1.807, 2.05) is 0 Å². The van der Waals surface area contributed by atoms with Crippen molar-refractivity contribution < 1.29 is 24.2 Å². The van der Waals surface area contributed by atoms with Gasteiger partial charge in [0.05, 0.1) is 6.61 Å². The molecule has 5 nitrogen and oxygen atoms in total. The van der Waals surface area contributed by atoms with Crippen molar-refractivity contribution in [2.24, 2.45) is 0 Å². The first-order chi connectivity index (χ1) is 25.1. The molecule has 0 aliphatic rings. The van der Waals surface area contributed by atoms with E-state index < -0.39 is 6.10 Å². The molecule has 0 amide bonds. The Morgan fingerprint density at radius 1 is 0.431 bits per heavy atom. The third kappa shape index (κ3) is 41.3. The molecule has 0 unspecified atom stereocenters. The molecule has 0 saturated heterocycles. The fourth-order valence-electron chi connectivity index (χ4n) is 6.85. The van der Waals surface area contributed by atoms with Gasteiger partial charge in [0.25, 0.3) is 0 Å². The second-order valence-electron chi connectivity index (χ2n) is 15.5. The van der Waals surface area contributed by atoms with Gasteiger partial charge in [-0.05, 0) is 38.5 Å². The summed E-state index contributed by atoms with van der Waals surface area (Å²) in [6.07, 6.45) is 50.0. The van der Waals surface area contributed by atoms with E-state index in [-0.39, 0.29) is 25.2 Å². The van der Waals surface area contributed by atoms with E-state index in [9.17, 15) is 14.7 Å². The molecule has 1 atom stereocenters. The lowest BCUT2D eigenvalue weighted by Gasteiger charge is -2.15. The molecule has 0 radical (unpaired) electrons. The minimum atomic E-state index is -0.765. The van der Waals surface area contributed by atoms with Gasteiger partial charge in [-0.15, -0.1) is 0 Å². The Bertz CT molecular complexity index is 735. The summed E-state index contributed by atoms with van der Waals surface area (Å²) in [5, 5.41) is 9.59. The summed E-state index contributed by atoms with van der Waals surface area (Å²) in [6.45, 7) is 4.17. The third-order valence-corrected chi connectivity index (χ3v) is 10.3. The predicted octanol–water partition coefficient (Wildman–Crippen LogP) is 14.5. The topological polar surface area (TPSA) is 72.8 Å². The number of allylic oxidation sites excluding steroid dienone is 2. The minimum Gasteiger partial charge on any atom is -0.462 e. The maximum absolute atomic E-state index is 12.2. The molecule has 0 aliphatic carbocycles. The third-order valence-electron chi connectivity index (χ3n) is 10.3. The van der Waals surface area contributed by atoms with Gasteiger partial charge in [-0.25, -0.2) is 0 Å². The number of carbonyl (C=O) groups is 2. The average Bonchev–Trinajstić information content (AvgIpc) is 3.13. The Labute approximate surface area is 318 Å². The zero-order chi connectivity index (χ0) is 37.1. The molecular weight excluding hydrogens is 633 g/mol. The van der Waals surface area contributed by atoms with Crippen LogP contribution in [-0.4, -0.2) is 36.4 Å². The molecule has 0 rings (SSSR count). The van der Waals surface area contributed by atoms with Crippen LogP contribution in [0, 0.1) is 0 Å². The number of aliphatic hydroxyl groups excluding tert-OH is 1. The van der Waals surface area contributed by atoms with Gasteiger partial charge >= 0.3 is 11.9 Å². The number of aliphatic hydroxyl groups is 1. The molecule has 1 N–H and O–H groups in total. The van der Waals surface area contributed by atoms with Crippen LogP contribution in [0.2, 0.25) is 0 Å². The van der Waals surface area contributed by atoms with E-state index in [0.717, 1.165) is 32.1 Å². The largest absolute Gasteiger partial charge is 0.462 e. The van der Waals surface area contributed by atoms with Crippen molar-refractivity contribution in [2.45, 2.75) is 258 Å². The number of hydrogen-bond acceptors (Lipinski definition) is 5. The van der Waals surface area contributed by atoms with Gasteiger partial charge < -0.3 is 14.6 Å². The van der Waals surface area contributed by atoms with Crippen LogP contribution in [0.25, 0.3) is 0 Å². The van der Waals surface area contributed by atoms with Crippen molar-refractivity contribution >= 4 is 11.9 Å². The van der Waals surface area contributed by atoms with Crippen LogP contribution in [0.15, 0.2) is 12.2 Å². The lowest BCUT2D eigenvalue weighted by atomic mass is 10.0. The summed E-state index contributed by atoms with van der Waals surface area (Å²) in [6, 6.07) is 0. The molecule has 0 aliphatic heterocycles. The normalized spacial score (nSPS) is 12.1. The maximum atomic E-state index is 12.2. The van der Waals surface area contributed by atoms with Gasteiger partial charge in [0.2, 0.25) is 0 Å². The number of unbranched alkanes of at least 4 members (excludes halogenated alkanes) is 32. The van der Waals surface area contributed by atoms with E-state index in [4.69, 9.17) is 9.47 Å². The monoisotopic (exact) mass is 721 g/mol. The number of hydrogen-bond donors (Lipinski definition) is 1. The van der Waals surface area contributed by atoms with Gasteiger partial charge in [-0.1, -0.05) is 212 Å². The van der Waals surface area contributed by atoms with Gasteiger partial charge in [0.1, 0.15) is 6.61 Å². The first-order valence-corrected chi connectivity index (χ1v) is 22.7. The minimum absolute atomic E-state index is 0.0592. The average molecular weight is 721 g/mol. The maximum Gasteiger partial charge on any atom is 0.306 e. The zero-order valence-electron chi connectivity index (χ0n) is 34.4. The Balaban J connectivity index is 3.47. The second-order valence-corrected chi connectivity index (χ2v) is 15.5. The van der Waals surface area contributed by atoms with Gasteiger partial charge in [-0.2, -0.15) is 0 Å². The number of rotatable bonds is 42. The molecular formula is C46H88O5. The fraction of sp³-hybridized carbons (Fsp3) is 0.913. The Kier molecular flexibility index (Phi) is 41.9. The number of carbonyl (C=O) groups excluding carboxylic acids is 2. The summed E-state index contributed by atoms with van der Waals surface area (Å²) in [4.78, 5) is 24.3. The smallest absolute Gasteiger partial charge is 0.306 e. The van der Waals surface area contributed by atoms with Crippen LogP contribution < -0.4 is 0 Å². The molecule has 0 fully saturated rings. The summed E-state index contributed by atoms with van der Waals surface area (Å²) in [7, 11) is 0. The van der Waals surface area contributed by atoms with Crippen LogP contribution in [0.1, 0.15) is 251 Å². The van der Waals surface area contributed by atoms with Crippen LogP contribution in [0.4, 0.5) is 0 Å².